The zero-order valence-electron chi connectivity index (χ0n) is 8.76. The van der Waals surface area contributed by atoms with Crippen molar-refractivity contribution in [1.82, 2.24) is 0 Å². The minimum absolute atomic E-state index is 0.0489. The van der Waals surface area contributed by atoms with Crippen molar-refractivity contribution in [2.75, 3.05) is 0 Å². The van der Waals surface area contributed by atoms with Crippen molar-refractivity contribution in [3.63, 3.8) is 0 Å². The second kappa shape index (κ2) is 5.55. The molecule has 0 saturated heterocycles. The predicted octanol–water partition coefficient (Wildman–Crippen LogP) is 4.35. The molecular weight excluding hydrogens is 229 g/mol. The van der Waals surface area contributed by atoms with Gasteiger partial charge in [0.05, 0.1) is 10.0 Å². The number of rotatable bonds is 4. The van der Waals surface area contributed by atoms with Gasteiger partial charge in [-0.2, -0.15) is 0 Å². The van der Waals surface area contributed by atoms with Crippen LogP contribution in [0.3, 0.4) is 0 Å². The van der Waals surface area contributed by atoms with Crippen LogP contribution in [0, 0.1) is 0 Å². The molecule has 0 fully saturated rings. The lowest BCUT2D eigenvalue weighted by atomic mass is 9.99. The Morgan fingerprint density at radius 2 is 2.07 bits per heavy atom. The van der Waals surface area contributed by atoms with Crippen molar-refractivity contribution in [3.8, 4) is 0 Å². The molecule has 0 aromatic heterocycles. The van der Waals surface area contributed by atoms with Gasteiger partial charge >= 0.3 is 0 Å². The second-order valence-corrected chi connectivity index (χ2v) is 4.40. The highest BCUT2D eigenvalue weighted by Crippen LogP contribution is 2.27. The van der Waals surface area contributed by atoms with Gasteiger partial charge in [0.15, 0.2) is 0 Å². The molecule has 0 amide bonds. The zero-order valence-corrected chi connectivity index (χ0v) is 10.3. The highest BCUT2D eigenvalue weighted by Gasteiger charge is 2.08. The fourth-order valence-corrected chi connectivity index (χ4v) is 1.62. The first kappa shape index (κ1) is 12.6. The van der Waals surface area contributed by atoms with E-state index in [4.69, 9.17) is 28.9 Å². The first-order valence-electron chi connectivity index (χ1n) is 4.91. The van der Waals surface area contributed by atoms with Gasteiger partial charge in [-0.15, -0.1) is 0 Å². The molecule has 0 aliphatic rings. The van der Waals surface area contributed by atoms with E-state index in [2.05, 4.69) is 13.5 Å². The van der Waals surface area contributed by atoms with Crippen LogP contribution in [0.1, 0.15) is 31.4 Å². The van der Waals surface area contributed by atoms with Gasteiger partial charge < -0.3 is 5.73 Å². The summed E-state index contributed by atoms with van der Waals surface area (Å²) in [5.74, 6) is 0. The normalized spacial score (nSPS) is 12.5. The van der Waals surface area contributed by atoms with Crippen molar-refractivity contribution in [1.29, 1.82) is 0 Å². The van der Waals surface area contributed by atoms with Crippen molar-refractivity contribution < 1.29 is 0 Å². The van der Waals surface area contributed by atoms with E-state index in [1.807, 2.05) is 12.1 Å². The molecule has 0 heterocycles. The Balaban J connectivity index is 2.78. The lowest BCUT2D eigenvalue weighted by molar-refractivity contribution is 0.701. The summed E-state index contributed by atoms with van der Waals surface area (Å²) in [7, 11) is 0. The quantitative estimate of drug-likeness (QED) is 0.783. The summed E-state index contributed by atoms with van der Waals surface area (Å²) >= 11 is 11.7. The molecule has 2 N–H and O–H groups in total. The summed E-state index contributed by atoms with van der Waals surface area (Å²) in [6, 6.07) is 5.44. The molecule has 15 heavy (non-hydrogen) atoms. The number of halogens is 2. The number of hydrogen-bond acceptors (Lipinski definition) is 1. The van der Waals surface area contributed by atoms with Gasteiger partial charge in [-0.05, 0) is 30.5 Å². The monoisotopic (exact) mass is 243 g/mol. The third-order valence-electron chi connectivity index (χ3n) is 2.38. The van der Waals surface area contributed by atoms with E-state index in [-0.39, 0.29) is 6.04 Å². The van der Waals surface area contributed by atoms with Crippen molar-refractivity contribution >= 4 is 23.2 Å². The molecule has 1 aromatic rings. The van der Waals surface area contributed by atoms with Crippen LogP contribution in [0.25, 0.3) is 0 Å². The zero-order chi connectivity index (χ0) is 11.4. The largest absolute Gasteiger partial charge is 0.324 e. The predicted molar refractivity (Wildman–Crippen MR) is 67.4 cm³/mol. The molecule has 0 spiro atoms. The second-order valence-electron chi connectivity index (χ2n) is 3.59. The SMILES string of the molecule is C=C(CC)CC(N)c1ccc(Cl)c(Cl)c1. The lowest BCUT2D eigenvalue weighted by Crippen LogP contribution is -2.10. The summed E-state index contributed by atoms with van der Waals surface area (Å²) in [5, 5.41) is 1.11. The summed E-state index contributed by atoms with van der Waals surface area (Å²) in [4.78, 5) is 0. The Labute approximate surface area is 101 Å². The third kappa shape index (κ3) is 3.53. The van der Waals surface area contributed by atoms with Gasteiger partial charge in [-0.1, -0.05) is 48.3 Å². The topological polar surface area (TPSA) is 26.0 Å². The summed E-state index contributed by atoms with van der Waals surface area (Å²) in [6.45, 7) is 6.01. The maximum Gasteiger partial charge on any atom is 0.0595 e. The van der Waals surface area contributed by atoms with E-state index in [0.717, 1.165) is 24.0 Å². The van der Waals surface area contributed by atoms with Crippen molar-refractivity contribution in [2.24, 2.45) is 5.73 Å². The van der Waals surface area contributed by atoms with Gasteiger partial charge in [-0.3, -0.25) is 0 Å². The Morgan fingerprint density at radius 3 is 2.60 bits per heavy atom. The molecule has 0 aliphatic carbocycles. The maximum absolute atomic E-state index is 6.03. The Bertz CT molecular complexity index is 361. The molecule has 1 aromatic carbocycles. The molecule has 0 bridgehead atoms. The molecule has 0 saturated carbocycles. The van der Waals surface area contributed by atoms with Gasteiger partial charge in [0.25, 0.3) is 0 Å². The van der Waals surface area contributed by atoms with Crippen LogP contribution in [-0.4, -0.2) is 0 Å². The Hall–Kier alpha value is -0.500. The summed E-state index contributed by atoms with van der Waals surface area (Å²) in [5.41, 5.74) is 8.17. The first-order valence-corrected chi connectivity index (χ1v) is 5.67. The van der Waals surface area contributed by atoms with Crippen LogP contribution < -0.4 is 5.73 Å². The van der Waals surface area contributed by atoms with Crippen molar-refractivity contribution in [3.05, 3.63) is 46.0 Å². The van der Waals surface area contributed by atoms with E-state index in [1.165, 1.54) is 0 Å². The Morgan fingerprint density at radius 1 is 1.40 bits per heavy atom. The van der Waals surface area contributed by atoms with Crippen LogP contribution in [0.2, 0.25) is 10.0 Å². The van der Waals surface area contributed by atoms with E-state index >= 15 is 0 Å². The smallest absolute Gasteiger partial charge is 0.0595 e. The molecule has 0 radical (unpaired) electrons. The highest BCUT2D eigenvalue weighted by molar-refractivity contribution is 6.42. The van der Waals surface area contributed by atoms with E-state index < -0.39 is 0 Å². The van der Waals surface area contributed by atoms with Crippen molar-refractivity contribution in [2.45, 2.75) is 25.8 Å². The standard InChI is InChI=1S/C12H15Cl2N/c1-3-8(2)6-12(15)9-4-5-10(13)11(14)7-9/h4-5,7,12H,2-3,6,15H2,1H3. The highest BCUT2D eigenvalue weighted by atomic mass is 35.5. The summed E-state index contributed by atoms with van der Waals surface area (Å²) < 4.78 is 0. The average molecular weight is 244 g/mol. The number of hydrogen-bond donors (Lipinski definition) is 1. The van der Waals surface area contributed by atoms with Gasteiger partial charge in [0.1, 0.15) is 0 Å². The molecular formula is C12H15Cl2N. The maximum atomic E-state index is 6.03. The van der Waals surface area contributed by atoms with Crippen LogP contribution in [0.15, 0.2) is 30.4 Å². The number of benzene rings is 1. The minimum atomic E-state index is -0.0489. The molecule has 1 rings (SSSR count). The summed E-state index contributed by atoms with van der Waals surface area (Å²) in [6.07, 6.45) is 1.74. The van der Waals surface area contributed by atoms with Gasteiger partial charge in [0.2, 0.25) is 0 Å². The minimum Gasteiger partial charge on any atom is -0.324 e. The molecule has 82 valence electrons. The lowest BCUT2D eigenvalue weighted by Gasteiger charge is -2.13. The third-order valence-corrected chi connectivity index (χ3v) is 3.12. The van der Waals surface area contributed by atoms with E-state index in [1.54, 1.807) is 6.07 Å². The fraction of sp³-hybridized carbons (Fsp3) is 0.333. The molecule has 0 aliphatic heterocycles. The van der Waals surface area contributed by atoms with E-state index in [0.29, 0.717) is 10.0 Å². The van der Waals surface area contributed by atoms with Crippen LogP contribution in [0.4, 0.5) is 0 Å². The average Bonchev–Trinajstić information content (AvgIpc) is 2.21. The fourth-order valence-electron chi connectivity index (χ4n) is 1.32. The van der Waals surface area contributed by atoms with Gasteiger partial charge in [0, 0.05) is 6.04 Å². The first-order chi connectivity index (χ1) is 7.04. The molecule has 1 nitrogen and oxygen atoms in total. The van der Waals surface area contributed by atoms with E-state index in [9.17, 15) is 0 Å². The number of nitrogens with two attached hydrogens (primary N) is 1. The van der Waals surface area contributed by atoms with Crippen LogP contribution in [0.5, 0.6) is 0 Å². The Kier molecular flexibility index (Phi) is 4.65. The molecule has 1 atom stereocenters. The van der Waals surface area contributed by atoms with Gasteiger partial charge in [-0.25, -0.2) is 0 Å². The van der Waals surface area contributed by atoms with Crippen LogP contribution >= 0.6 is 23.2 Å². The molecule has 1 unspecified atom stereocenters. The van der Waals surface area contributed by atoms with Crippen LogP contribution in [-0.2, 0) is 0 Å². The molecule has 3 heteroatoms.